The number of nitrogens with zero attached hydrogens (tertiary/aromatic N) is 2. The Morgan fingerprint density at radius 1 is 1.58 bits per heavy atom. The van der Waals surface area contributed by atoms with Crippen LogP contribution in [0.25, 0.3) is 0 Å². The van der Waals surface area contributed by atoms with Crippen molar-refractivity contribution in [1.82, 2.24) is 19.6 Å². The van der Waals surface area contributed by atoms with Gasteiger partial charge in [-0.1, -0.05) is 6.92 Å². The predicted octanol–water partition coefficient (Wildman–Crippen LogP) is 0.601. The fourth-order valence-corrected chi connectivity index (χ4v) is 3.35. The van der Waals surface area contributed by atoms with Crippen molar-refractivity contribution in [2.45, 2.75) is 37.9 Å². The first-order chi connectivity index (χ1) is 8.53. The molecule has 110 valence electrons. The molecule has 0 radical (unpaired) electrons. The molecule has 1 aliphatic heterocycles. The fourth-order valence-electron chi connectivity index (χ4n) is 2.06. The van der Waals surface area contributed by atoms with E-state index < -0.39 is 10.0 Å². The molecule has 1 aromatic heterocycles. The van der Waals surface area contributed by atoms with Gasteiger partial charge in [0.2, 0.25) is 0 Å². The summed E-state index contributed by atoms with van der Waals surface area (Å²) in [5, 5.41) is 3.30. The number of hydrogen-bond donors (Lipinski definition) is 2. The molecule has 0 amide bonds. The Hall–Kier alpha value is -0.630. The summed E-state index contributed by atoms with van der Waals surface area (Å²) in [6.45, 7) is 6.35. The van der Waals surface area contributed by atoms with Crippen LogP contribution in [0.5, 0.6) is 0 Å². The van der Waals surface area contributed by atoms with Crippen LogP contribution in [0.3, 0.4) is 0 Å². The Morgan fingerprint density at radius 3 is 2.89 bits per heavy atom. The third-order valence-corrected chi connectivity index (χ3v) is 4.76. The van der Waals surface area contributed by atoms with Crippen LogP contribution >= 0.6 is 12.4 Å². The van der Waals surface area contributed by atoms with Gasteiger partial charge in [-0.3, -0.25) is 0 Å². The zero-order valence-electron chi connectivity index (χ0n) is 11.2. The van der Waals surface area contributed by atoms with Crippen LogP contribution in [-0.2, 0) is 16.6 Å². The topological polar surface area (TPSA) is 76.0 Å². The minimum absolute atomic E-state index is 0. The van der Waals surface area contributed by atoms with Crippen molar-refractivity contribution in [2.75, 3.05) is 13.1 Å². The smallest absolute Gasteiger partial charge is 0.259 e. The monoisotopic (exact) mass is 308 g/mol. The van der Waals surface area contributed by atoms with Gasteiger partial charge < -0.3 is 9.88 Å². The number of imidazole rings is 1. The summed E-state index contributed by atoms with van der Waals surface area (Å²) in [5.41, 5.74) is 0. The Kier molecular flexibility index (Phi) is 5.79. The molecular weight excluding hydrogens is 288 g/mol. The van der Waals surface area contributed by atoms with E-state index in [1.807, 2.05) is 6.92 Å². The molecule has 0 saturated carbocycles. The molecule has 1 fully saturated rings. The van der Waals surface area contributed by atoms with Crippen LogP contribution in [0.4, 0.5) is 0 Å². The number of halogens is 1. The minimum Gasteiger partial charge on any atom is -0.336 e. The lowest BCUT2D eigenvalue weighted by molar-refractivity contribution is 0.327. The van der Waals surface area contributed by atoms with E-state index in [1.54, 1.807) is 10.8 Å². The number of aryl methyl sites for hydroxylation is 1. The molecule has 0 aliphatic carbocycles. The lowest BCUT2D eigenvalue weighted by Gasteiger charge is -2.29. The second-order valence-corrected chi connectivity index (χ2v) is 6.40. The van der Waals surface area contributed by atoms with E-state index >= 15 is 0 Å². The van der Waals surface area contributed by atoms with Gasteiger partial charge in [0.15, 0.2) is 5.03 Å². The minimum atomic E-state index is -3.50. The lowest BCUT2D eigenvalue weighted by Crippen LogP contribution is -2.50. The number of rotatable bonds is 4. The van der Waals surface area contributed by atoms with Crippen LogP contribution in [0.15, 0.2) is 17.6 Å². The van der Waals surface area contributed by atoms with Gasteiger partial charge in [0.05, 0.1) is 6.33 Å². The summed E-state index contributed by atoms with van der Waals surface area (Å²) < 4.78 is 28.8. The molecule has 6 nitrogen and oxygen atoms in total. The number of nitrogens with one attached hydrogen (secondary N) is 2. The van der Waals surface area contributed by atoms with E-state index in [9.17, 15) is 8.42 Å². The van der Waals surface area contributed by atoms with Crippen molar-refractivity contribution in [2.24, 2.45) is 5.92 Å². The van der Waals surface area contributed by atoms with Crippen LogP contribution in [0.2, 0.25) is 0 Å². The zero-order valence-corrected chi connectivity index (χ0v) is 12.8. The Bertz CT molecular complexity index is 503. The Labute approximate surface area is 120 Å². The van der Waals surface area contributed by atoms with Gasteiger partial charge in [0.25, 0.3) is 10.0 Å². The SMILES string of the molecule is CCn1cnc(S(=O)(=O)NC2CNCCC2C)c1.Cl. The maximum absolute atomic E-state index is 12.2. The highest BCUT2D eigenvalue weighted by Crippen LogP contribution is 2.14. The van der Waals surface area contributed by atoms with Gasteiger partial charge in [-0.05, 0) is 25.8 Å². The highest BCUT2D eigenvalue weighted by molar-refractivity contribution is 7.89. The van der Waals surface area contributed by atoms with Crippen molar-refractivity contribution in [3.05, 3.63) is 12.5 Å². The number of piperidine rings is 1. The molecule has 2 rings (SSSR count). The van der Waals surface area contributed by atoms with Crippen LogP contribution in [0, 0.1) is 5.92 Å². The van der Waals surface area contributed by atoms with Crippen LogP contribution in [0.1, 0.15) is 20.3 Å². The molecule has 8 heteroatoms. The van der Waals surface area contributed by atoms with Gasteiger partial charge in [-0.2, -0.15) is 0 Å². The first-order valence-corrected chi connectivity index (χ1v) is 7.76. The van der Waals surface area contributed by atoms with E-state index in [0.717, 1.165) is 13.0 Å². The summed E-state index contributed by atoms with van der Waals surface area (Å²) in [7, 11) is -3.50. The molecule has 2 N–H and O–H groups in total. The number of sulfonamides is 1. The highest BCUT2D eigenvalue weighted by Gasteiger charge is 2.27. The Morgan fingerprint density at radius 2 is 2.32 bits per heavy atom. The van der Waals surface area contributed by atoms with Crippen LogP contribution in [-0.4, -0.2) is 37.1 Å². The zero-order chi connectivity index (χ0) is 13.2. The maximum Gasteiger partial charge on any atom is 0.259 e. The van der Waals surface area contributed by atoms with E-state index in [0.29, 0.717) is 19.0 Å². The summed E-state index contributed by atoms with van der Waals surface area (Å²) >= 11 is 0. The average molecular weight is 309 g/mol. The van der Waals surface area contributed by atoms with Gasteiger partial charge in [0, 0.05) is 25.3 Å². The molecule has 1 aromatic rings. The average Bonchev–Trinajstić information content (AvgIpc) is 2.81. The lowest BCUT2D eigenvalue weighted by atomic mass is 9.96. The molecule has 1 aliphatic rings. The van der Waals surface area contributed by atoms with Crippen molar-refractivity contribution in [1.29, 1.82) is 0 Å². The van der Waals surface area contributed by atoms with E-state index in [2.05, 4.69) is 21.9 Å². The normalized spacial score (nSPS) is 23.9. The molecule has 1 saturated heterocycles. The third kappa shape index (κ3) is 3.92. The molecule has 0 spiro atoms. The van der Waals surface area contributed by atoms with Gasteiger partial charge in [0.1, 0.15) is 0 Å². The maximum atomic E-state index is 12.2. The first-order valence-electron chi connectivity index (χ1n) is 6.27. The largest absolute Gasteiger partial charge is 0.336 e. The van der Waals surface area contributed by atoms with Gasteiger partial charge >= 0.3 is 0 Å². The molecule has 2 unspecified atom stereocenters. The summed E-state index contributed by atoms with van der Waals surface area (Å²) in [5.74, 6) is 0.342. The second-order valence-electron chi connectivity index (χ2n) is 4.74. The van der Waals surface area contributed by atoms with Crippen molar-refractivity contribution < 1.29 is 8.42 Å². The summed E-state index contributed by atoms with van der Waals surface area (Å²) in [6, 6.07) is -0.0597. The van der Waals surface area contributed by atoms with Gasteiger partial charge in [-0.25, -0.2) is 18.1 Å². The summed E-state index contributed by atoms with van der Waals surface area (Å²) in [4.78, 5) is 3.94. The quantitative estimate of drug-likeness (QED) is 0.854. The van der Waals surface area contributed by atoms with E-state index in [4.69, 9.17) is 0 Å². The number of aromatic nitrogens is 2. The first kappa shape index (κ1) is 16.4. The molecule has 0 aromatic carbocycles. The van der Waals surface area contributed by atoms with Crippen molar-refractivity contribution in [3.63, 3.8) is 0 Å². The predicted molar refractivity (Wildman–Crippen MR) is 75.9 cm³/mol. The highest BCUT2D eigenvalue weighted by atomic mass is 35.5. The molecule has 2 atom stereocenters. The number of hydrogen-bond acceptors (Lipinski definition) is 4. The molecule has 19 heavy (non-hydrogen) atoms. The molecule has 0 bridgehead atoms. The Balaban J connectivity index is 0.00000180. The standard InChI is InChI=1S/C11H20N4O2S.ClH/c1-3-15-7-11(13-8-15)18(16,17)14-10-6-12-5-4-9(10)2;/h7-10,12,14H,3-6H2,1-2H3;1H. The van der Waals surface area contributed by atoms with Crippen molar-refractivity contribution in [3.8, 4) is 0 Å². The molecule has 2 heterocycles. The van der Waals surface area contributed by atoms with Crippen molar-refractivity contribution >= 4 is 22.4 Å². The fraction of sp³-hybridized carbons (Fsp3) is 0.727. The van der Waals surface area contributed by atoms with Gasteiger partial charge in [-0.15, -0.1) is 12.4 Å². The second kappa shape index (κ2) is 6.69. The van der Waals surface area contributed by atoms with E-state index in [-0.39, 0.29) is 23.5 Å². The van der Waals surface area contributed by atoms with E-state index in [1.165, 1.54) is 6.33 Å². The molecular formula is C11H21ClN4O2S. The summed E-state index contributed by atoms with van der Waals surface area (Å²) in [6.07, 6.45) is 4.08. The van der Waals surface area contributed by atoms with Crippen LogP contribution < -0.4 is 10.0 Å². The third-order valence-electron chi connectivity index (χ3n) is 3.38.